The Morgan fingerprint density at radius 2 is 0.742 bits per heavy atom. The molecule has 9 rings (SSSR count). The summed E-state index contributed by atoms with van der Waals surface area (Å²) in [6, 6.07) is 61.3. The highest BCUT2D eigenvalue weighted by atomic mass is 15.3. The molecule has 9 aromatic rings. The van der Waals surface area contributed by atoms with Gasteiger partial charge in [-0.1, -0.05) is 132 Å². The van der Waals surface area contributed by atoms with Crippen molar-refractivity contribution in [3.63, 3.8) is 0 Å². The van der Waals surface area contributed by atoms with Crippen molar-refractivity contribution in [3.05, 3.63) is 216 Å². The van der Waals surface area contributed by atoms with Crippen LogP contribution in [0.3, 0.4) is 0 Å². The van der Waals surface area contributed by atoms with Gasteiger partial charge in [0, 0.05) is 23.0 Å². The second-order valence-electron chi connectivity index (χ2n) is 16.0. The first-order valence-electron chi connectivity index (χ1n) is 21.0. The molecule has 0 bridgehead atoms. The Bertz CT molecular complexity index is 2840. The van der Waals surface area contributed by atoms with E-state index in [4.69, 9.17) is 19.9 Å². The van der Waals surface area contributed by atoms with Gasteiger partial charge >= 0.3 is 0 Å². The first kappa shape index (κ1) is 39.7. The summed E-state index contributed by atoms with van der Waals surface area (Å²) in [5, 5.41) is 0. The number of hydrogen-bond acceptors (Lipinski definition) is 6. The van der Waals surface area contributed by atoms with E-state index in [0.29, 0.717) is 23.4 Å². The van der Waals surface area contributed by atoms with Crippen molar-refractivity contribution in [3.8, 4) is 45.0 Å². The zero-order chi connectivity index (χ0) is 42.7. The van der Waals surface area contributed by atoms with Gasteiger partial charge in [-0.25, -0.2) is 9.97 Å². The minimum atomic E-state index is 0.457. The minimum absolute atomic E-state index is 0.457. The first-order valence-corrected chi connectivity index (χ1v) is 21.0. The van der Waals surface area contributed by atoms with E-state index in [0.717, 1.165) is 44.8 Å². The molecule has 6 heteroatoms. The fourth-order valence-electron chi connectivity index (χ4n) is 8.67. The van der Waals surface area contributed by atoms with Gasteiger partial charge in [0.25, 0.3) is 0 Å². The van der Waals surface area contributed by atoms with Crippen molar-refractivity contribution in [2.75, 3.05) is 9.80 Å². The highest BCUT2D eigenvalue weighted by molar-refractivity contribution is 5.86. The number of benzene rings is 7. The summed E-state index contributed by atoms with van der Waals surface area (Å²) in [6.45, 7) is 13.2. The molecule has 0 radical (unpaired) electrons. The zero-order valence-corrected chi connectivity index (χ0v) is 36.0. The Morgan fingerprint density at radius 3 is 1.19 bits per heavy atom. The summed E-state index contributed by atoms with van der Waals surface area (Å²) in [5.41, 5.74) is 17.8. The van der Waals surface area contributed by atoms with E-state index in [2.05, 4.69) is 162 Å². The maximum Gasteiger partial charge on any atom is 0.239 e. The van der Waals surface area contributed by atoms with Crippen LogP contribution < -0.4 is 9.80 Å². The maximum absolute atomic E-state index is 5.32. The average Bonchev–Trinajstić information content (AvgIpc) is 3.29. The molecule has 6 nitrogen and oxygen atoms in total. The monoisotopic (exact) mass is 804 g/mol. The molecule has 7 aromatic carbocycles. The van der Waals surface area contributed by atoms with Crippen molar-refractivity contribution in [2.24, 2.45) is 0 Å². The molecule has 2 aromatic heterocycles. The molecule has 0 fully saturated rings. The van der Waals surface area contributed by atoms with Gasteiger partial charge in [-0.05, 0) is 141 Å². The first-order chi connectivity index (χ1) is 30.2. The van der Waals surface area contributed by atoms with Crippen LogP contribution in [0.2, 0.25) is 0 Å². The lowest BCUT2D eigenvalue weighted by molar-refractivity contribution is 1.01. The van der Waals surface area contributed by atoms with Gasteiger partial charge in [-0.15, -0.1) is 0 Å². The van der Waals surface area contributed by atoms with E-state index < -0.39 is 0 Å². The number of pyridine rings is 1. The van der Waals surface area contributed by atoms with Crippen LogP contribution in [0.4, 0.5) is 34.5 Å². The molecular weight excluding hydrogens is 757 g/mol. The van der Waals surface area contributed by atoms with Crippen molar-refractivity contribution in [1.29, 1.82) is 0 Å². The SMILES string of the molecule is Cc1cc(C)c(N(c2ccc(N(c3ccccn3)c3nc(-c4ccccc4)nc(-c4cc(-c5ccccc5)cc(-c5ccccc5)c4)n3)cc2)c2c(C)cc(C)cc2C)c(C)c1. The van der Waals surface area contributed by atoms with Gasteiger partial charge < -0.3 is 4.90 Å². The molecule has 0 saturated heterocycles. The molecule has 2 heterocycles. The van der Waals surface area contributed by atoms with Gasteiger partial charge in [0.2, 0.25) is 5.95 Å². The van der Waals surface area contributed by atoms with Crippen LogP contribution in [0.1, 0.15) is 33.4 Å². The van der Waals surface area contributed by atoms with Crippen molar-refractivity contribution < 1.29 is 0 Å². The molecule has 0 saturated carbocycles. The Labute approximate surface area is 364 Å². The number of aromatic nitrogens is 4. The van der Waals surface area contributed by atoms with E-state index in [9.17, 15) is 0 Å². The largest absolute Gasteiger partial charge is 0.309 e. The average molecular weight is 805 g/mol. The van der Waals surface area contributed by atoms with E-state index in [1.54, 1.807) is 6.20 Å². The summed E-state index contributed by atoms with van der Waals surface area (Å²) in [6.07, 6.45) is 1.81. The summed E-state index contributed by atoms with van der Waals surface area (Å²) in [4.78, 5) is 25.0. The van der Waals surface area contributed by atoms with Crippen LogP contribution in [0, 0.1) is 41.5 Å². The molecule has 0 amide bonds. The summed E-state index contributed by atoms with van der Waals surface area (Å²) in [7, 11) is 0. The Morgan fingerprint density at radius 1 is 0.339 bits per heavy atom. The molecule has 0 atom stereocenters. The topological polar surface area (TPSA) is 58.0 Å². The Kier molecular flexibility index (Phi) is 11.0. The third-order valence-electron chi connectivity index (χ3n) is 11.2. The van der Waals surface area contributed by atoms with Gasteiger partial charge in [-0.3, -0.25) is 4.90 Å². The second kappa shape index (κ2) is 17.1. The smallest absolute Gasteiger partial charge is 0.239 e. The number of rotatable bonds is 10. The Hall–Kier alpha value is -7.70. The molecule has 0 aliphatic carbocycles. The van der Waals surface area contributed by atoms with E-state index >= 15 is 0 Å². The summed E-state index contributed by atoms with van der Waals surface area (Å²) >= 11 is 0. The van der Waals surface area contributed by atoms with Crippen LogP contribution >= 0.6 is 0 Å². The predicted octanol–water partition coefficient (Wildman–Crippen LogP) is 14.7. The third-order valence-corrected chi connectivity index (χ3v) is 11.2. The summed E-state index contributed by atoms with van der Waals surface area (Å²) < 4.78 is 0. The quantitative estimate of drug-likeness (QED) is 0.137. The number of hydrogen-bond donors (Lipinski definition) is 0. The lowest BCUT2D eigenvalue weighted by Gasteiger charge is -2.32. The van der Waals surface area contributed by atoms with E-state index in [1.807, 2.05) is 65.6 Å². The van der Waals surface area contributed by atoms with Crippen LogP contribution in [0.25, 0.3) is 45.0 Å². The second-order valence-corrected chi connectivity index (χ2v) is 16.0. The summed E-state index contributed by atoms with van der Waals surface area (Å²) in [5.74, 6) is 2.27. The molecule has 0 spiro atoms. The maximum atomic E-state index is 5.32. The molecule has 62 heavy (non-hydrogen) atoms. The van der Waals surface area contributed by atoms with Gasteiger partial charge in [0.05, 0.1) is 17.1 Å². The van der Waals surface area contributed by atoms with Crippen molar-refractivity contribution in [1.82, 2.24) is 19.9 Å². The highest BCUT2D eigenvalue weighted by Crippen LogP contribution is 2.44. The number of aryl methyl sites for hydroxylation is 6. The van der Waals surface area contributed by atoms with E-state index in [1.165, 1.54) is 44.8 Å². The van der Waals surface area contributed by atoms with Gasteiger partial charge in [0.1, 0.15) is 5.82 Å². The number of anilines is 6. The van der Waals surface area contributed by atoms with Crippen LogP contribution in [0.5, 0.6) is 0 Å². The molecule has 0 N–H and O–H groups in total. The normalized spacial score (nSPS) is 11.1. The van der Waals surface area contributed by atoms with Crippen molar-refractivity contribution in [2.45, 2.75) is 41.5 Å². The minimum Gasteiger partial charge on any atom is -0.309 e. The van der Waals surface area contributed by atoms with Gasteiger partial charge in [-0.2, -0.15) is 9.97 Å². The molecule has 302 valence electrons. The highest BCUT2D eigenvalue weighted by Gasteiger charge is 2.24. The predicted molar refractivity (Wildman–Crippen MR) is 257 cm³/mol. The van der Waals surface area contributed by atoms with Crippen LogP contribution in [-0.2, 0) is 0 Å². The standard InChI is InChI=1S/C56H48N6/c1-37-30-39(3)52(40(4)31-37)62(53-41(5)32-38(2)33-42(53)6)50-27-25-49(26-28-50)61(51-24-16-17-29-57-51)56-59-54(45-22-14-9-15-23-45)58-55(60-56)48-35-46(43-18-10-7-11-19-43)34-47(36-48)44-20-12-8-13-21-44/h7-36H,1-6H3. The van der Waals surface area contributed by atoms with Gasteiger partial charge in [0.15, 0.2) is 11.6 Å². The lowest BCUT2D eigenvalue weighted by atomic mass is 9.96. The molecule has 0 aliphatic rings. The van der Waals surface area contributed by atoms with Crippen molar-refractivity contribution >= 4 is 34.5 Å². The van der Waals surface area contributed by atoms with Crippen LogP contribution in [-0.4, -0.2) is 19.9 Å². The van der Waals surface area contributed by atoms with Crippen LogP contribution in [0.15, 0.2) is 182 Å². The fraction of sp³-hybridized carbons (Fsp3) is 0.107. The zero-order valence-electron chi connectivity index (χ0n) is 36.0. The third kappa shape index (κ3) is 8.11. The molecule has 0 aliphatic heterocycles. The van der Waals surface area contributed by atoms with E-state index in [-0.39, 0.29) is 0 Å². The lowest BCUT2D eigenvalue weighted by Crippen LogP contribution is -2.18. The molecular formula is C56H48N6. The number of nitrogens with zero attached hydrogens (tertiary/aromatic N) is 6. The molecule has 0 unspecified atom stereocenters. The fourth-order valence-corrected chi connectivity index (χ4v) is 8.67. The Balaban J connectivity index is 1.23.